The van der Waals surface area contributed by atoms with Crippen LogP contribution in [0.1, 0.15) is 26.7 Å². The van der Waals surface area contributed by atoms with Crippen molar-refractivity contribution in [3.8, 4) is 0 Å². The van der Waals surface area contributed by atoms with Gasteiger partial charge in [-0.2, -0.15) is 0 Å². The molecule has 1 unspecified atom stereocenters. The molecule has 0 aliphatic carbocycles. The monoisotopic (exact) mass is 200 g/mol. The molecule has 1 saturated heterocycles. The van der Waals surface area contributed by atoms with Crippen molar-refractivity contribution in [3.63, 3.8) is 0 Å². The minimum atomic E-state index is -0.304. The van der Waals surface area contributed by atoms with Crippen molar-refractivity contribution in [1.82, 2.24) is 10.6 Å². The third-order valence-electron chi connectivity index (χ3n) is 2.80. The van der Waals surface area contributed by atoms with Gasteiger partial charge in [0.25, 0.3) is 0 Å². The summed E-state index contributed by atoms with van der Waals surface area (Å²) in [6, 6.07) is -0.152. The van der Waals surface area contributed by atoms with E-state index in [2.05, 4.69) is 10.6 Å². The fraction of sp³-hybridized carbons (Fsp3) is 0.900. The number of hydrogen-bond donors (Lipinski definition) is 3. The van der Waals surface area contributed by atoms with Crippen molar-refractivity contribution in [3.05, 3.63) is 0 Å². The Morgan fingerprint density at radius 2 is 2.43 bits per heavy atom. The van der Waals surface area contributed by atoms with Gasteiger partial charge in [0.15, 0.2) is 0 Å². The lowest BCUT2D eigenvalue weighted by Crippen LogP contribution is -2.51. The van der Waals surface area contributed by atoms with Crippen LogP contribution < -0.4 is 10.6 Å². The molecule has 0 radical (unpaired) electrons. The van der Waals surface area contributed by atoms with Crippen molar-refractivity contribution < 1.29 is 9.90 Å². The summed E-state index contributed by atoms with van der Waals surface area (Å²) in [4.78, 5) is 11.8. The summed E-state index contributed by atoms with van der Waals surface area (Å²) in [5.74, 6) is 0.0475. The Morgan fingerprint density at radius 3 is 2.93 bits per heavy atom. The molecule has 14 heavy (non-hydrogen) atoms. The summed E-state index contributed by atoms with van der Waals surface area (Å²) >= 11 is 0. The lowest BCUT2D eigenvalue weighted by atomic mass is 9.82. The SMILES string of the molecule is C[C@H](CO)NC(=O)C1(C)CCCNC1. The van der Waals surface area contributed by atoms with Gasteiger partial charge in [0, 0.05) is 12.6 Å². The standard InChI is InChI=1S/C10H20N2O2/c1-8(6-13)12-9(14)10(2)4-3-5-11-7-10/h8,11,13H,3-7H2,1-2H3,(H,12,14)/t8-,10?/m1/s1. The number of carbonyl (C=O) groups excluding carboxylic acids is 1. The van der Waals surface area contributed by atoms with Gasteiger partial charge in [0.1, 0.15) is 0 Å². The molecule has 0 aromatic carbocycles. The smallest absolute Gasteiger partial charge is 0.227 e. The van der Waals surface area contributed by atoms with E-state index < -0.39 is 0 Å². The van der Waals surface area contributed by atoms with Crippen LogP contribution in [0.4, 0.5) is 0 Å². The molecule has 3 N–H and O–H groups in total. The maximum absolute atomic E-state index is 11.8. The molecular formula is C10H20N2O2. The summed E-state index contributed by atoms with van der Waals surface area (Å²) in [5, 5.41) is 14.9. The highest BCUT2D eigenvalue weighted by atomic mass is 16.3. The van der Waals surface area contributed by atoms with Crippen LogP contribution in [-0.4, -0.2) is 36.8 Å². The molecule has 1 rings (SSSR count). The molecule has 0 bridgehead atoms. The predicted molar refractivity (Wildman–Crippen MR) is 54.9 cm³/mol. The minimum absolute atomic E-state index is 0.00471. The van der Waals surface area contributed by atoms with E-state index in [9.17, 15) is 4.79 Å². The number of aliphatic hydroxyl groups is 1. The summed E-state index contributed by atoms with van der Waals surface area (Å²) < 4.78 is 0. The second kappa shape index (κ2) is 4.75. The summed E-state index contributed by atoms with van der Waals surface area (Å²) in [5.41, 5.74) is -0.304. The Hall–Kier alpha value is -0.610. The minimum Gasteiger partial charge on any atom is -0.394 e. The van der Waals surface area contributed by atoms with Gasteiger partial charge in [-0.3, -0.25) is 4.79 Å². The van der Waals surface area contributed by atoms with Crippen molar-refractivity contribution in [2.75, 3.05) is 19.7 Å². The number of hydrogen-bond acceptors (Lipinski definition) is 3. The summed E-state index contributed by atoms with van der Waals surface area (Å²) in [6.45, 7) is 5.50. The molecular weight excluding hydrogens is 180 g/mol. The van der Waals surface area contributed by atoms with E-state index in [0.717, 1.165) is 25.9 Å². The second-order valence-electron chi connectivity index (χ2n) is 4.40. The fourth-order valence-corrected chi connectivity index (χ4v) is 1.69. The number of rotatable bonds is 3. The van der Waals surface area contributed by atoms with Crippen LogP contribution in [0.2, 0.25) is 0 Å². The normalized spacial score (nSPS) is 29.6. The second-order valence-corrected chi connectivity index (χ2v) is 4.40. The van der Waals surface area contributed by atoms with Gasteiger partial charge in [0.2, 0.25) is 5.91 Å². The van der Waals surface area contributed by atoms with E-state index in [1.54, 1.807) is 6.92 Å². The van der Waals surface area contributed by atoms with Gasteiger partial charge in [-0.1, -0.05) is 0 Å². The van der Waals surface area contributed by atoms with Gasteiger partial charge in [-0.05, 0) is 33.2 Å². The van der Waals surface area contributed by atoms with Crippen molar-refractivity contribution in [2.45, 2.75) is 32.7 Å². The topological polar surface area (TPSA) is 61.4 Å². The Kier molecular flexibility index (Phi) is 3.89. The van der Waals surface area contributed by atoms with E-state index in [-0.39, 0.29) is 24.0 Å². The molecule has 0 aromatic heterocycles. The number of aliphatic hydroxyl groups excluding tert-OH is 1. The molecule has 4 heteroatoms. The molecule has 1 fully saturated rings. The highest BCUT2D eigenvalue weighted by molar-refractivity contribution is 5.82. The fourth-order valence-electron chi connectivity index (χ4n) is 1.69. The third-order valence-corrected chi connectivity index (χ3v) is 2.80. The molecule has 0 aromatic rings. The summed E-state index contributed by atoms with van der Waals surface area (Å²) in [7, 11) is 0. The third kappa shape index (κ3) is 2.69. The highest BCUT2D eigenvalue weighted by Crippen LogP contribution is 2.25. The van der Waals surface area contributed by atoms with Gasteiger partial charge in [-0.15, -0.1) is 0 Å². The van der Waals surface area contributed by atoms with Crippen molar-refractivity contribution in [2.24, 2.45) is 5.41 Å². The lowest BCUT2D eigenvalue weighted by Gasteiger charge is -2.33. The van der Waals surface area contributed by atoms with Crippen LogP contribution >= 0.6 is 0 Å². The van der Waals surface area contributed by atoms with E-state index in [0.29, 0.717) is 0 Å². The first-order valence-corrected chi connectivity index (χ1v) is 5.21. The van der Waals surface area contributed by atoms with Crippen molar-refractivity contribution >= 4 is 5.91 Å². The maximum atomic E-state index is 11.8. The van der Waals surface area contributed by atoms with E-state index >= 15 is 0 Å². The molecule has 0 spiro atoms. The number of carbonyl (C=O) groups is 1. The Labute approximate surface area is 85.1 Å². The average Bonchev–Trinajstić information content (AvgIpc) is 2.18. The van der Waals surface area contributed by atoms with E-state index in [4.69, 9.17) is 5.11 Å². The molecule has 1 aliphatic heterocycles. The Balaban J connectivity index is 2.49. The van der Waals surface area contributed by atoms with Crippen LogP contribution in [0.3, 0.4) is 0 Å². The van der Waals surface area contributed by atoms with Crippen LogP contribution in [0.5, 0.6) is 0 Å². The Morgan fingerprint density at radius 1 is 1.71 bits per heavy atom. The summed E-state index contributed by atoms with van der Waals surface area (Å²) in [6.07, 6.45) is 1.96. The first kappa shape index (κ1) is 11.5. The zero-order valence-electron chi connectivity index (χ0n) is 8.97. The molecule has 1 heterocycles. The number of amides is 1. The average molecular weight is 200 g/mol. The number of nitrogens with one attached hydrogen (secondary N) is 2. The van der Waals surface area contributed by atoms with Crippen molar-refractivity contribution in [1.29, 1.82) is 0 Å². The zero-order valence-corrected chi connectivity index (χ0v) is 8.97. The van der Waals surface area contributed by atoms with Gasteiger partial charge >= 0.3 is 0 Å². The van der Waals surface area contributed by atoms with Gasteiger partial charge in [-0.25, -0.2) is 0 Å². The lowest BCUT2D eigenvalue weighted by molar-refractivity contribution is -0.132. The predicted octanol–water partition coefficient (Wildman–Crippen LogP) is -0.127. The highest BCUT2D eigenvalue weighted by Gasteiger charge is 2.34. The van der Waals surface area contributed by atoms with Crippen LogP contribution in [0.25, 0.3) is 0 Å². The molecule has 2 atom stereocenters. The first-order chi connectivity index (χ1) is 6.58. The van der Waals surface area contributed by atoms with Gasteiger partial charge < -0.3 is 15.7 Å². The molecule has 1 amide bonds. The van der Waals surface area contributed by atoms with E-state index in [1.165, 1.54) is 0 Å². The zero-order chi connectivity index (χ0) is 10.6. The quantitative estimate of drug-likeness (QED) is 0.595. The molecule has 4 nitrogen and oxygen atoms in total. The Bertz CT molecular complexity index is 200. The number of piperidine rings is 1. The van der Waals surface area contributed by atoms with Crippen LogP contribution in [0.15, 0.2) is 0 Å². The van der Waals surface area contributed by atoms with Gasteiger partial charge in [0.05, 0.1) is 12.0 Å². The van der Waals surface area contributed by atoms with E-state index in [1.807, 2.05) is 6.92 Å². The molecule has 0 saturated carbocycles. The molecule has 82 valence electrons. The van der Waals surface area contributed by atoms with Crippen LogP contribution in [-0.2, 0) is 4.79 Å². The molecule has 1 aliphatic rings. The first-order valence-electron chi connectivity index (χ1n) is 5.21. The largest absolute Gasteiger partial charge is 0.394 e. The van der Waals surface area contributed by atoms with Crippen LogP contribution in [0, 0.1) is 5.41 Å². The maximum Gasteiger partial charge on any atom is 0.227 e.